The van der Waals surface area contributed by atoms with Gasteiger partial charge in [-0.2, -0.15) is 0 Å². The predicted octanol–water partition coefficient (Wildman–Crippen LogP) is 1.07. The van der Waals surface area contributed by atoms with Gasteiger partial charge < -0.3 is 32.7 Å². The van der Waals surface area contributed by atoms with Gasteiger partial charge in [0, 0.05) is 38.3 Å². The zero-order valence-corrected chi connectivity index (χ0v) is 20.2. The van der Waals surface area contributed by atoms with Gasteiger partial charge in [0.15, 0.2) is 11.6 Å². The molecule has 6 rings (SSSR count). The smallest absolute Gasteiger partial charge is 0.153 e. The van der Waals surface area contributed by atoms with Gasteiger partial charge in [-0.3, -0.25) is 0 Å². The van der Waals surface area contributed by atoms with Gasteiger partial charge in [-0.25, -0.2) is 29.9 Å². The quantitative estimate of drug-likeness (QED) is 0.314. The van der Waals surface area contributed by atoms with Gasteiger partial charge in [-0.05, 0) is 49.9 Å². The molecule has 0 aliphatic carbocycles. The molecular formula is C24H32N12. The highest BCUT2D eigenvalue weighted by Crippen LogP contribution is 2.23. The van der Waals surface area contributed by atoms with E-state index in [2.05, 4.69) is 39.7 Å². The Bertz CT molecular complexity index is 1240. The van der Waals surface area contributed by atoms with E-state index in [0.717, 1.165) is 74.5 Å². The van der Waals surface area contributed by atoms with Crippen LogP contribution in [0, 0.1) is 0 Å². The third-order valence-corrected chi connectivity index (χ3v) is 6.55. The van der Waals surface area contributed by atoms with Crippen LogP contribution in [0.4, 0.5) is 23.3 Å². The van der Waals surface area contributed by atoms with E-state index in [0.29, 0.717) is 22.7 Å². The first-order valence-electron chi connectivity index (χ1n) is 12.2. The van der Waals surface area contributed by atoms with Crippen molar-refractivity contribution < 1.29 is 0 Å². The Morgan fingerprint density at radius 1 is 0.639 bits per heavy atom. The third-order valence-electron chi connectivity index (χ3n) is 6.55. The molecule has 8 N–H and O–H groups in total. The van der Waals surface area contributed by atoms with Crippen molar-refractivity contribution in [2.45, 2.75) is 37.8 Å². The van der Waals surface area contributed by atoms with Crippen LogP contribution < -0.4 is 32.7 Å². The van der Waals surface area contributed by atoms with E-state index in [-0.39, 0.29) is 12.1 Å². The number of piperidine rings is 2. The molecule has 0 unspecified atom stereocenters. The van der Waals surface area contributed by atoms with Crippen LogP contribution >= 0.6 is 0 Å². The molecule has 188 valence electrons. The first kappa shape index (κ1) is 23.8. The van der Waals surface area contributed by atoms with Crippen molar-refractivity contribution in [3.63, 3.8) is 0 Å². The average Bonchev–Trinajstić information content (AvgIpc) is 2.89. The van der Waals surface area contributed by atoms with Crippen LogP contribution in [0.1, 0.15) is 25.7 Å². The Kier molecular flexibility index (Phi) is 6.87. The van der Waals surface area contributed by atoms with Gasteiger partial charge in [-0.15, -0.1) is 0 Å². The Morgan fingerprint density at radius 2 is 1.08 bits per heavy atom. The molecule has 0 bridgehead atoms. The molecule has 0 spiro atoms. The van der Waals surface area contributed by atoms with Gasteiger partial charge in [-0.1, -0.05) is 0 Å². The molecule has 12 nitrogen and oxygen atoms in total. The number of anilines is 4. The summed E-state index contributed by atoms with van der Waals surface area (Å²) in [7, 11) is 0. The zero-order chi connectivity index (χ0) is 25.1. The summed E-state index contributed by atoms with van der Waals surface area (Å²) in [6.07, 6.45) is 7.26. The maximum Gasteiger partial charge on any atom is 0.153 e. The van der Waals surface area contributed by atoms with E-state index in [9.17, 15) is 0 Å². The molecule has 2 aliphatic heterocycles. The number of nitrogens with two attached hydrogens (primary N) is 4. The van der Waals surface area contributed by atoms with Crippen LogP contribution in [0.3, 0.4) is 0 Å². The summed E-state index contributed by atoms with van der Waals surface area (Å²) < 4.78 is 0. The molecule has 4 aromatic rings. The van der Waals surface area contributed by atoms with Gasteiger partial charge in [0.2, 0.25) is 0 Å². The fourth-order valence-corrected chi connectivity index (χ4v) is 4.69. The Morgan fingerprint density at radius 3 is 1.50 bits per heavy atom. The first-order valence-corrected chi connectivity index (χ1v) is 12.2. The van der Waals surface area contributed by atoms with Crippen LogP contribution in [0.5, 0.6) is 0 Å². The standard InChI is InChI=1S/2C12H16N6/c2*13-8-2-1-5-18(6-8)10-4-3-9-11(17-10)12(14)16-7-15-9/h2*3-4,7-8H,1-2,5-6,13H2,(H2,14,15,16)/t2*8-/m10/s1. The molecule has 0 saturated carbocycles. The molecule has 2 aliphatic rings. The summed E-state index contributed by atoms with van der Waals surface area (Å²) in [6.45, 7) is 3.65. The molecule has 2 saturated heterocycles. The number of hydrogen-bond donors (Lipinski definition) is 4. The maximum absolute atomic E-state index is 5.99. The minimum Gasteiger partial charge on any atom is -0.382 e. The van der Waals surface area contributed by atoms with Crippen LogP contribution in [0.25, 0.3) is 22.1 Å². The fraction of sp³-hybridized carbons (Fsp3) is 0.417. The second-order valence-corrected chi connectivity index (χ2v) is 9.29. The van der Waals surface area contributed by atoms with Crippen molar-refractivity contribution >= 4 is 45.3 Å². The van der Waals surface area contributed by atoms with Gasteiger partial charge >= 0.3 is 0 Å². The van der Waals surface area contributed by atoms with E-state index >= 15 is 0 Å². The summed E-state index contributed by atoms with van der Waals surface area (Å²) in [6, 6.07) is 8.23. The van der Waals surface area contributed by atoms with Gasteiger partial charge in [0.1, 0.15) is 35.3 Å². The zero-order valence-electron chi connectivity index (χ0n) is 20.2. The molecule has 2 fully saturated rings. The van der Waals surface area contributed by atoms with Crippen molar-refractivity contribution in [2.75, 3.05) is 47.4 Å². The Hall–Kier alpha value is -3.90. The normalized spacial score (nSPS) is 20.3. The second-order valence-electron chi connectivity index (χ2n) is 9.29. The highest BCUT2D eigenvalue weighted by atomic mass is 15.2. The largest absolute Gasteiger partial charge is 0.382 e. The molecular weight excluding hydrogens is 456 g/mol. The van der Waals surface area contributed by atoms with E-state index < -0.39 is 0 Å². The minimum atomic E-state index is 0.223. The molecule has 0 amide bonds. The Labute approximate surface area is 209 Å². The van der Waals surface area contributed by atoms with Crippen molar-refractivity contribution in [1.82, 2.24) is 29.9 Å². The van der Waals surface area contributed by atoms with Gasteiger partial charge in [0.25, 0.3) is 0 Å². The molecule has 0 radical (unpaired) electrons. The van der Waals surface area contributed by atoms with E-state index in [1.54, 1.807) is 0 Å². The first-order chi connectivity index (χ1) is 17.5. The number of hydrogen-bond acceptors (Lipinski definition) is 12. The molecule has 0 aromatic carbocycles. The fourth-order valence-electron chi connectivity index (χ4n) is 4.69. The molecule has 6 heterocycles. The lowest BCUT2D eigenvalue weighted by molar-refractivity contribution is 0.503. The summed E-state index contributed by atoms with van der Waals surface area (Å²) >= 11 is 0. The lowest BCUT2D eigenvalue weighted by Gasteiger charge is -2.31. The van der Waals surface area contributed by atoms with Gasteiger partial charge in [0.05, 0.1) is 11.0 Å². The second kappa shape index (κ2) is 10.4. The number of aromatic nitrogens is 6. The van der Waals surface area contributed by atoms with Crippen molar-refractivity contribution in [2.24, 2.45) is 11.5 Å². The van der Waals surface area contributed by atoms with E-state index in [4.69, 9.17) is 22.9 Å². The van der Waals surface area contributed by atoms with Crippen LogP contribution in [-0.4, -0.2) is 68.2 Å². The minimum absolute atomic E-state index is 0.223. The Balaban J connectivity index is 0.000000148. The predicted molar refractivity (Wildman–Crippen MR) is 142 cm³/mol. The summed E-state index contributed by atoms with van der Waals surface area (Å²) in [5, 5.41) is 0. The SMILES string of the molecule is Nc1ncnc2ccc(N3CCC[C@@H](N)C3)nc12.Nc1ncnc2ccc(N3CCC[C@H](N)C3)nc12. The number of nitrogen functional groups attached to an aromatic ring is 2. The lowest BCUT2D eigenvalue weighted by Crippen LogP contribution is -2.43. The molecule has 12 heteroatoms. The van der Waals surface area contributed by atoms with Crippen LogP contribution in [-0.2, 0) is 0 Å². The summed E-state index contributed by atoms with van der Waals surface area (Å²) in [5.74, 6) is 2.64. The average molecular weight is 489 g/mol. The third kappa shape index (κ3) is 5.19. The monoisotopic (exact) mass is 488 g/mol. The number of nitrogens with zero attached hydrogens (tertiary/aromatic N) is 8. The summed E-state index contributed by atoms with van der Waals surface area (Å²) in [5.41, 5.74) is 26.5. The number of fused-ring (bicyclic) bond motifs is 2. The van der Waals surface area contributed by atoms with Crippen molar-refractivity contribution in [1.29, 1.82) is 0 Å². The van der Waals surface area contributed by atoms with Crippen LogP contribution in [0.15, 0.2) is 36.9 Å². The lowest BCUT2D eigenvalue weighted by atomic mass is 10.1. The van der Waals surface area contributed by atoms with Crippen LogP contribution in [0.2, 0.25) is 0 Å². The van der Waals surface area contributed by atoms with Crippen molar-refractivity contribution in [3.8, 4) is 0 Å². The summed E-state index contributed by atoms with van der Waals surface area (Å²) in [4.78, 5) is 29.7. The number of pyridine rings is 2. The molecule has 4 aromatic heterocycles. The van der Waals surface area contributed by atoms with E-state index in [1.807, 2.05) is 24.3 Å². The topological polar surface area (TPSA) is 188 Å². The highest BCUT2D eigenvalue weighted by Gasteiger charge is 2.19. The van der Waals surface area contributed by atoms with E-state index in [1.165, 1.54) is 12.7 Å². The highest BCUT2D eigenvalue weighted by molar-refractivity contribution is 5.85. The van der Waals surface area contributed by atoms with Crippen molar-refractivity contribution in [3.05, 3.63) is 36.9 Å². The molecule has 36 heavy (non-hydrogen) atoms. The molecule has 2 atom stereocenters. The number of rotatable bonds is 2. The maximum atomic E-state index is 5.99.